The lowest BCUT2D eigenvalue weighted by atomic mass is 9.80. The van der Waals surface area contributed by atoms with E-state index in [2.05, 4.69) is 68.1 Å². The maximum absolute atomic E-state index is 4.01. The predicted molar refractivity (Wildman–Crippen MR) is 98.0 cm³/mol. The van der Waals surface area contributed by atoms with E-state index in [1.165, 1.54) is 22.3 Å². The molecule has 0 fully saturated rings. The van der Waals surface area contributed by atoms with Gasteiger partial charge in [-0.05, 0) is 29.2 Å². The van der Waals surface area contributed by atoms with Crippen molar-refractivity contribution in [2.45, 2.75) is 47.5 Å². The number of rotatable bonds is 1. The van der Waals surface area contributed by atoms with Crippen LogP contribution in [0.5, 0.6) is 0 Å². The van der Waals surface area contributed by atoms with Gasteiger partial charge >= 0.3 is 0 Å². The molecule has 1 aliphatic rings. The topological polar surface area (TPSA) is 0 Å². The average Bonchev–Trinajstić information content (AvgIpc) is 2.82. The van der Waals surface area contributed by atoms with Crippen LogP contribution in [0.1, 0.15) is 53.2 Å². The number of benzene rings is 2. The lowest BCUT2D eigenvalue weighted by Gasteiger charge is -2.22. The van der Waals surface area contributed by atoms with E-state index in [-0.39, 0.29) is 12.8 Å². The normalized spacial score (nSPS) is 12.2. The van der Waals surface area contributed by atoms with E-state index in [0.29, 0.717) is 0 Å². The molecule has 0 spiro atoms. The fourth-order valence-corrected chi connectivity index (χ4v) is 2.71. The van der Waals surface area contributed by atoms with Crippen molar-refractivity contribution in [1.82, 2.24) is 0 Å². The Morgan fingerprint density at radius 1 is 0.762 bits per heavy atom. The molecular weight excluding hydrogens is 252 g/mol. The molecule has 0 heteroatoms. The highest BCUT2D eigenvalue weighted by atomic mass is 14.4. The first-order valence-electron chi connectivity index (χ1n) is 7.60. The second-order valence-electron chi connectivity index (χ2n) is 4.50. The highest BCUT2D eigenvalue weighted by Gasteiger charge is 2.35. The molecule has 0 nitrogen and oxygen atoms in total. The zero-order chi connectivity index (χ0) is 15.2. The predicted octanol–water partition coefficient (Wildman–Crippen LogP) is 6.85. The SMILES string of the molecule is C.C=CC1(C)c2ccccc2-c2ccccc21.CC.CC. The lowest BCUT2D eigenvalue weighted by molar-refractivity contribution is 0.749. The average molecular weight is 282 g/mol. The van der Waals surface area contributed by atoms with E-state index in [1.807, 2.05) is 27.7 Å². The Morgan fingerprint density at radius 2 is 1.10 bits per heavy atom. The first-order chi connectivity index (χ1) is 9.77. The lowest BCUT2D eigenvalue weighted by Crippen LogP contribution is -2.16. The minimum absolute atomic E-state index is 0. The van der Waals surface area contributed by atoms with E-state index in [1.54, 1.807) is 0 Å². The van der Waals surface area contributed by atoms with Gasteiger partial charge in [-0.15, -0.1) is 6.58 Å². The Bertz CT molecular complexity index is 518. The number of hydrogen-bond acceptors (Lipinski definition) is 0. The third kappa shape index (κ3) is 3.10. The molecule has 0 aliphatic heterocycles. The molecule has 0 atom stereocenters. The zero-order valence-electron chi connectivity index (χ0n) is 13.4. The molecule has 2 aromatic carbocycles. The molecule has 0 radical (unpaired) electrons. The van der Waals surface area contributed by atoms with Crippen molar-refractivity contribution in [3.8, 4) is 11.1 Å². The quantitative estimate of drug-likeness (QED) is 0.502. The monoisotopic (exact) mass is 282 g/mol. The van der Waals surface area contributed by atoms with Gasteiger partial charge in [-0.25, -0.2) is 0 Å². The van der Waals surface area contributed by atoms with E-state index in [0.717, 1.165) is 0 Å². The van der Waals surface area contributed by atoms with Crippen molar-refractivity contribution in [2.24, 2.45) is 0 Å². The Labute approximate surface area is 131 Å². The Kier molecular flexibility index (Phi) is 7.73. The molecule has 0 aromatic heterocycles. The van der Waals surface area contributed by atoms with Crippen molar-refractivity contribution in [3.63, 3.8) is 0 Å². The van der Waals surface area contributed by atoms with Crippen LogP contribution < -0.4 is 0 Å². The molecule has 0 saturated heterocycles. The Hall–Kier alpha value is -1.82. The second-order valence-corrected chi connectivity index (χ2v) is 4.50. The van der Waals surface area contributed by atoms with Gasteiger partial charge in [0.25, 0.3) is 0 Å². The summed E-state index contributed by atoms with van der Waals surface area (Å²) in [4.78, 5) is 0. The van der Waals surface area contributed by atoms with Crippen LogP contribution in [0.25, 0.3) is 11.1 Å². The van der Waals surface area contributed by atoms with Crippen molar-refractivity contribution < 1.29 is 0 Å². The minimum atomic E-state index is -0.0345. The smallest absolute Gasteiger partial charge is 0.0363 e. The molecule has 114 valence electrons. The van der Waals surface area contributed by atoms with Crippen LogP contribution in [0, 0.1) is 0 Å². The van der Waals surface area contributed by atoms with Gasteiger partial charge < -0.3 is 0 Å². The first-order valence-corrected chi connectivity index (χ1v) is 7.60. The number of hydrogen-bond donors (Lipinski definition) is 0. The summed E-state index contributed by atoms with van der Waals surface area (Å²) in [5.41, 5.74) is 5.39. The standard InChI is InChI=1S/C16H14.2C2H6.CH4/c1-3-16(2)14-10-6-4-8-12(14)13-9-5-7-11-15(13)16;2*1-2;/h3-11H,1H2,2H3;2*1-2H3;1H4. The van der Waals surface area contributed by atoms with E-state index in [9.17, 15) is 0 Å². The van der Waals surface area contributed by atoms with Gasteiger partial charge in [-0.3, -0.25) is 0 Å². The van der Waals surface area contributed by atoms with Crippen LogP contribution in [-0.4, -0.2) is 0 Å². The number of fused-ring (bicyclic) bond motifs is 3. The maximum Gasteiger partial charge on any atom is 0.0363 e. The molecule has 0 N–H and O–H groups in total. The van der Waals surface area contributed by atoms with Crippen LogP contribution in [-0.2, 0) is 5.41 Å². The van der Waals surface area contributed by atoms with Gasteiger partial charge in [-0.1, -0.05) is 89.7 Å². The highest BCUT2D eigenvalue weighted by molar-refractivity contribution is 5.81. The third-order valence-electron chi connectivity index (χ3n) is 3.67. The van der Waals surface area contributed by atoms with E-state index < -0.39 is 0 Å². The molecule has 2 aromatic rings. The Balaban J connectivity index is 0.000000741. The second kappa shape index (κ2) is 8.46. The molecule has 21 heavy (non-hydrogen) atoms. The molecule has 0 saturated carbocycles. The van der Waals surface area contributed by atoms with Crippen LogP contribution in [0.15, 0.2) is 61.2 Å². The van der Waals surface area contributed by atoms with Gasteiger partial charge in [-0.2, -0.15) is 0 Å². The summed E-state index contributed by atoms with van der Waals surface area (Å²) in [5, 5.41) is 0. The van der Waals surface area contributed by atoms with Gasteiger partial charge in [0.1, 0.15) is 0 Å². The molecule has 0 bridgehead atoms. The van der Waals surface area contributed by atoms with Crippen LogP contribution in [0.3, 0.4) is 0 Å². The van der Waals surface area contributed by atoms with Crippen LogP contribution in [0.4, 0.5) is 0 Å². The molecular formula is C21H30. The molecule has 3 rings (SSSR count). The molecule has 0 unspecified atom stereocenters. The summed E-state index contributed by atoms with van der Waals surface area (Å²) in [6, 6.07) is 17.2. The summed E-state index contributed by atoms with van der Waals surface area (Å²) in [7, 11) is 0. The fourth-order valence-electron chi connectivity index (χ4n) is 2.71. The summed E-state index contributed by atoms with van der Waals surface area (Å²) >= 11 is 0. The largest absolute Gasteiger partial charge is 0.102 e. The number of allylic oxidation sites excluding steroid dienone is 1. The van der Waals surface area contributed by atoms with E-state index in [4.69, 9.17) is 0 Å². The summed E-state index contributed by atoms with van der Waals surface area (Å²) in [6.07, 6.45) is 2.05. The van der Waals surface area contributed by atoms with Gasteiger partial charge in [0, 0.05) is 5.41 Å². The van der Waals surface area contributed by atoms with Gasteiger partial charge in [0.2, 0.25) is 0 Å². The van der Waals surface area contributed by atoms with Gasteiger partial charge in [0.05, 0.1) is 0 Å². The molecule has 1 aliphatic carbocycles. The minimum Gasteiger partial charge on any atom is -0.102 e. The van der Waals surface area contributed by atoms with Crippen LogP contribution >= 0.6 is 0 Å². The molecule has 0 heterocycles. The van der Waals surface area contributed by atoms with Crippen molar-refractivity contribution in [3.05, 3.63) is 72.3 Å². The van der Waals surface area contributed by atoms with Crippen molar-refractivity contribution in [2.75, 3.05) is 0 Å². The zero-order valence-corrected chi connectivity index (χ0v) is 13.4. The first kappa shape index (κ1) is 19.2. The molecule has 0 amide bonds. The Morgan fingerprint density at radius 3 is 1.43 bits per heavy atom. The van der Waals surface area contributed by atoms with Crippen molar-refractivity contribution in [1.29, 1.82) is 0 Å². The van der Waals surface area contributed by atoms with Gasteiger partial charge in [0.15, 0.2) is 0 Å². The summed E-state index contributed by atoms with van der Waals surface area (Å²) in [6.45, 7) is 14.3. The summed E-state index contributed by atoms with van der Waals surface area (Å²) < 4.78 is 0. The summed E-state index contributed by atoms with van der Waals surface area (Å²) in [5.74, 6) is 0. The van der Waals surface area contributed by atoms with E-state index >= 15 is 0 Å². The van der Waals surface area contributed by atoms with Crippen LogP contribution in [0.2, 0.25) is 0 Å². The fraction of sp³-hybridized carbons (Fsp3) is 0.333. The third-order valence-corrected chi connectivity index (χ3v) is 3.67. The highest BCUT2D eigenvalue weighted by Crippen LogP contribution is 2.48. The maximum atomic E-state index is 4.01. The van der Waals surface area contributed by atoms with Crippen molar-refractivity contribution >= 4 is 0 Å².